The minimum atomic E-state index is -1.24. The Kier molecular flexibility index (Phi) is 3.17. The average Bonchev–Trinajstić information content (AvgIpc) is 2.18. The van der Waals surface area contributed by atoms with Crippen LogP contribution in [0.15, 0.2) is 18.3 Å². The number of pyridine rings is 1. The summed E-state index contributed by atoms with van der Waals surface area (Å²) in [6.45, 7) is 1.85. The molecule has 1 aromatic heterocycles. The third-order valence-electron chi connectivity index (χ3n) is 1.51. The second-order valence-electron chi connectivity index (χ2n) is 2.43. The molecule has 0 aliphatic rings. The summed E-state index contributed by atoms with van der Waals surface area (Å²) in [4.78, 5) is 25.5. The number of hydrogen-bond donors (Lipinski definition) is 1. The van der Waals surface area contributed by atoms with Gasteiger partial charge >= 0.3 is 11.9 Å². The smallest absolute Gasteiger partial charge is 0.355 e. The Morgan fingerprint density at radius 1 is 1.57 bits per heavy atom. The van der Waals surface area contributed by atoms with Gasteiger partial charge in [0.25, 0.3) is 0 Å². The largest absolute Gasteiger partial charge is 0.476 e. The van der Waals surface area contributed by atoms with Gasteiger partial charge < -0.3 is 9.84 Å². The van der Waals surface area contributed by atoms with Crippen LogP contribution in [0.2, 0.25) is 0 Å². The molecule has 0 aliphatic carbocycles. The zero-order valence-corrected chi connectivity index (χ0v) is 7.56. The van der Waals surface area contributed by atoms with Gasteiger partial charge in [-0.05, 0) is 19.1 Å². The molecule has 74 valence electrons. The van der Waals surface area contributed by atoms with E-state index < -0.39 is 11.9 Å². The van der Waals surface area contributed by atoms with Gasteiger partial charge in [0, 0.05) is 6.20 Å². The summed E-state index contributed by atoms with van der Waals surface area (Å²) in [6.07, 6.45) is 1.31. The molecule has 5 nitrogen and oxygen atoms in total. The van der Waals surface area contributed by atoms with Crippen molar-refractivity contribution < 1.29 is 19.4 Å². The van der Waals surface area contributed by atoms with Crippen molar-refractivity contribution in [2.75, 3.05) is 6.61 Å². The Balaban J connectivity index is 3.07. The highest BCUT2D eigenvalue weighted by atomic mass is 16.5. The maximum Gasteiger partial charge on any atom is 0.355 e. The maximum atomic E-state index is 11.2. The third kappa shape index (κ3) is 2.07. The minimum absolute atomic E-state index is 0.0261. The zero-order chi connectivity index (χ0) is 10.6. The number of aromatic carboxylic acids is 1. The van der Waals surface area contributed by atoms with E-state index >= 15 is 0 Å². The van der Waals surface area contributed by atoms with Crippen molar-refractivity contribution in [1.29, 1.82) is 0 Å². The fourth-order valence-corrected chi connectivity index (χ4v) is 0.949. The number of nitrogens with zero attached hydrogens (tertiary/aromatic N) is 1. The molecule has 0 bridgehead atoms. The predicted octanol–water partition coefficient (Wildman–Crippen LogP) is 0.957. The van der Waals surface area contributed by atoms with E-state index in [4.69, 9.17) is 5.11 Å². The molecule has 0 spiro atoms. The molecule has 0 radical (unpaired) electrons. The highest BCUT2D eigenvalue weighted by Gasteiger charge is 2.17. The molecule has 5 heteroatoms. The summed E-state index contributed by atoms with van der Waals surface area (Å²) in [7, 11) is 0. The predicted molar refractivity (Wildman–Crippen MR) is 47.2 cm³/mol. The molecule has 0 unspecified atom stereocenters. The standard InChI is InChI=1S/C9H9NO4/c1-2-14-9(13)6-4-3-5-10-7(6)8(11)12/h3-5H,2H2,1H3,(H,11,12). The molecular formula is C9H9NO4. The van der Waals surface area contributed by atoms with Crippen LogP contribution in [0.1, 0.15) is 27.8 Å². The van der Waals surface area contributed by atoms with Gasteiger partial charge in [-0.1, -0.05) is 0 Å². The van der Waals surface area contributed by atoms with Crippen LogP contribution in [-0.2, 0) is 4.74 Å². The fourth-order valence-electron chi connectivity index (χ4n) is 0.949. The van der Waals surface area contributed by atoms with Gasteiger partial charge in [0.1, 0.15) is 0 Å². The Morgan fingerprint density at radius 2 is 2.29 bits per heavy atom. The van der Waals surface area contributed by atoms with E-state index in [2.05, 4.69) is 9.72 Å². The summed E-state index contributed by atoms with van der Waals surface area (Å²) < 4.78 is 4.68. The first-order chi connectivity index (χ1) is 6.66. The topological polar surface area (TPSA) is 76.5 Å². The van der Waals surface area contributed by atoms with Gasteiger partial charge in [-0.25, -0.2) is 14.6 Å². The van der Waals surface area contributed by atoms with Crippen molar-refractivity contribution in [2.45, 2.75) is 6.92 Å². The van der Waals surface area contributed by atoms with Crippen LogP contribution in [-0.4, -0.2) is 28.6 Å². The van der Waals surface area contributed by atoms with E-state index in [0.717, 1.165) is 0 Å². The molecule has 0 amide bonds. The van der Waals surface area contributed by atoms with Gasteiger partial charge in [-0.3, -0.25) is 0 Å². The summed E-state index contributed by atoms with van der Waals surface area (Å²) in [5, 5.41) is 8.71. The van der Waals surface area contributed by atoms with Crippen LogP contribution in [0.3, 0.4) is 0 Å². The molecule has 0 aromatic carbocycles. The molecule has 1 N–H and O–H groups in total. The molecule has 14 heavy (non-hydrogen) atoms. The van der Waals surface area contributed by atoms with Gasteiger partial charge in [-0.2, -0.15) is 0 Å². The number of rotatable bonds is 3. The lowest BCUT2D eigenvalue weighted by molar-refractivity contribution is 0.0513. The summed E-state index contributed by atoms with van der Waals surface area (Å²) in [5.74, 6) is -1.91. The van der Waals surface area contributed by atoms with Crippen molar-refractivity contribution in [2.24, 2.45) is 0 Å². The lowest BCUT2D eigenvalue weighted by atomic mass is 10.2. The zero-order valence-electron chi connectivity index (χ0n) is 7.56. The summed E-state index contributed by atoms with van der Waals surface area (Å²) in [5.41, 5.74) is -0.312. The first kappa shape index (κ1) is 10.2. The van der Waals surface area contributed by atoms with E-state index in [1.54, 1.807) is 6.92 Å². The highest BCUT2D eigenvalue weighted by molar-refractivity contribution is 6.00. The molecule has 0 atom stereocenters. The maximum absolute atomic E-state index is 11.2. The number of ether oxygens (including phenoxy) is 1. The Hall–Kier alpha value is -1.91. The molecular weight excluding hydrogens is 186 g/mol. The van der Waals surface area contributed by atoms with Crippen molar-refractivity contribution in [3.05, 3.63) is 29.6 Å². The van der Waals surface area contributed by atoms with E-state index in [-0.39, 0.29) is 17.9 Å². The van der Waals surface area contributed by atoms with Gasteiger partial charge in [-0.15, -0.1) is 0 Å². The van der Waals surface area contributed by atoms with E-state index in [1.165, 1.54) is 18.3 Å². The van der Waals surface area contributed by atoms with Gasteiger partial charge in [0.2, 0.25) is 0 Å². The van der Waals surface area contributed by atoms with Crippen LogP contribution >= 0.6 is 0 Å². The lowest BCUT2D eigenvalue weighted by Gasteiger charge is -2.03. The van der Waals surface area contributed by atoms with Crippen LogP contribution in [0, 0.1) is 0 Å². The molecule has 0 saturated carbocycles. The number of carbonyl (C=O) groups excluding carboxylic acids is 1. The van der Waals surface area contributed by atoms with Crippen LogP contribution in [0.25, 0.3) is 0 Å². The second-order valence-corrected chi connectivity index (χ2v) is 2.43. The highest BCUT2D eigenvalue weighted by Crippen LogP contribution is 2.06. The number of carboxylic acids is 1. The monoisotopic (exact) mass is 195 g/mol. The van der Waals surface area contributed by atoms with Crippen LogP contribution in [0.5, 0.6) is 0 Å². The van der Waals surface area contributed by atoms with E-state index in [1.807, 2.05) is 0 Å². The molecule has 1 rings (SSSR count). The Morgan fingerprint density at radius 3 is 2.86 bits per heavy atom. The van der Waals surface area contributed by atoms with E-state index in [0.29, 0.717) is 0 Å². The first-order valence-electron chi connectivity index (χ1n) is 4.02. The lowest BCUT2D eigenvalue weighted by Crippen LogP contribution is -2.13. The molecule has 1 heterocycles. The van der Waals surface area contributed by atoms with Crippen LogP contribution in [0.4, 0.5) is 0 Å². The van der Waals surface area contributed by atoms with Crippen molar-refractivity contribution in [3.63, 3.8) is 0 Å². The normalized spacial score (nSPS) is 9.50. The quantitative estimate of drug-likeness (QED) is 0.727. The van der Waals surface area contributed by atoms with Crippen molar-refractivity contribution in [3.8, 4) is 0 Å². The Labute approximate surface area is 80.3 Å². The number of esters is 1. The number of hydrogen-bond acceptors (Lipinski definition) is 4. The van der Waals surface area contributed by atoms with Gasteiger partial charge in [0.15, 0.2) is 5.69 Å². The SMILES string of the molecule is CCOC(=O)c1cccnc1C(=O)O. The van der Waals surface area contributed by atoms with E-state index in [9.17, 15) is 9.59 Å². The fraction of sp³-hybridized carbons (Fsp3) is 0.222. The first-order valence-corrected chi connectivity index (χ1v) is 4.02. The number of aromatic nitrogens is 1. The number of carboxylic acid groups (broad SMARTS) is 1. The summed E-state index contributed by atoms with van der Waals surface area (Å²) in [6, 6.07) is 2.85. The third-order valence-corrected chi connectivity index (χ3v) is 1.51. The molecule has 0 fully saturated rings. The second kappa shape index (κ2) is 4.36. The van der Waals surface area contributed by atoms with Crippen molar-refractivity contribution >= 4 is 11.9 Å². The summed E-state index contributed by atoms with van der Waals surface area (Å²) >= 11 is 0. The average molecular weight is 195 g/mol. The minimum Gasteiger partial charge on any atom is -0.476 e. The molecule has 0 saturated heterocycles. The molecule has 1 aromatic rings. The van der Waals surface area contributed by atoms with Gasteiger partial charge in [0.05, 0.1) is 12.2 Å². The molecule has 0 aliphatic heterocycles. The number of carbonyl (C=O) groups is 2. The van der Waals surface area contributed by atoms with Crippen molar-refractivity contribution in [1.82, 2.24) is 4.98 Å². The van der Waals surface area contributed by atoms with Crippen LogP contribution < -0.4 is 0 Å². The Bertz CT molecular complexity index is 362.